The first-order valence-electron chi connectivity index (χ1n) is 10.9. The van der Waals surface area contributed by atoms with Gasteiger partial charge in [-0.05, 0) is 42.9 Å². The van der Waals surface area contributed by atoms with Gasteiger partial charge in [0, 0.05) is 37.8 Å². The average molecular weight is 361 g/mol. The molecule has 3 fully saturated rings. The lowest BCUT2D eigenvalue weighted by molar-refractivity contribution is -0.00757. The molecule has 3 aliphatic rings. The largest absolute Gasteiger partial charge is 0.381 e. The highest BCUT2D eigenvalue weighted by Crippen LogP contribution is 2.48. The topological polar surface area (TPSA) is 47.3 Å². The minimum Gasteiger partial charge on any atom is -0.381 e. The summed E-state index contributed by atoms with van der Waals surface area (Å²) < 4.78 is 11.2. The summed E-state index contributed by atoms with van der Waals surface area (Å²) in [5.74, 6) is 2.63. The Balaban J connectivity index is 1.26. The molecule has 1 aliphatic heterocycles. The van der Waals surface area contributed by atoms with Gasteiger partial charge in [-0.2, -0.15) is 0 Å². The van der Waals surface area contributed by atoms with Crippen molar-refractivity contribution in [3.8, 4) is 0 Å². The molecule has 4 nitrogen and oxygen atoms in total. The first kappa shape index (κ1) is 18.5. The molecule has 0 spiro atoms. The van der Waals surface area contributed by atoms with Crippen LogP contribution in [-0.2, 0) is 17.6 Å². The number of hydrogen-bond acceptors (Lipinski definition) is 4. The van der Waals surface area contributed by atoms with E-state index in [9.17, 15) is 0 Å². The lowest BCUT2D eigenvalue weighted by Crippen LogP contribution is -2.60. The Kier molecular flexibility index (Phi) is 5.70. The summed E-state index contributed by atoms with van der Waals surface area (Å²) in [6, 6.07) is 3.51. The number of nitrogens with zero attached hydrogens (tertiary/aromatic N) is 1. The molecule has 146 valence electrons. The van der Waals surface area contributed by atoms with Crippen LogP contribution in [0.15, 0.2) is 10.6 Å². The molecule has 2 unspecified atom stereocenters. The van der Waals surface area contributed by atoms with Crippen LogP contribution >= 0.6 is 0 Å². The quantitative estimate of drug-likeness (QED) is 0.810. The molecule has 2 heterocycles. The van der Waals surface area contributed by atoms with Gasteiger partial charge in [-0.15, -0.1) is 0 Å². The normalized spacial score (nSPS) is 30.2. The first-order valence-corrected chi connectivity index (χ1v) is 10.9. The van der Waals surface area contributed by atoms with Crippen molar-refractivity contribution in [2.24, 2.45) is 17.3 Å². The van der Waals surface area contributed by atoms with Gasteiger partial charge in [0.25, 0.3) is 0 Å². The molecule has 2 aliphatic carbocycles. The summed E-state index contributed by atoms with van der Waals surface area (Å²) in [6.45, 7) is 6.66. The van der Waals surface area contributed by atoms with E-state index in [1.165, 1.54) is 44.2 Å². The van der Waals surface area contributed by atoms with Gasteiger partial charge >= 0.3 is 0 Å². The van der Waals surface area contributed by atoms with Crippen LogP contribution in [0.25, 0.3) is 0 Å². The second-order valence-electron chi connectivity index (χ2n) is 9.56. The Morgan fingerprint density at radius 1 is 1.08 bits per heavy atom. The molecular formula is C22H36N2O2. The van der Waals surface area contributed by atoms with Crippen LogP contribution < -0.4 is 5.32 Å². The van der Waals surface area contributed by atoms with E-state index in [0.29, 0.717) is 23.4 Å². The van der Waals surface area contributed by atoms with Crippen molar-refractivity contribution in [2.45, 2.75) is 90.1 Å². The van der Waals surface area contributed by atoms with E-state index in [0.717, 1.165) is 50.6 Å². The second kappa shape index (κ2) is 8.02. The zero-order chi connectivity index (χ0) is 18.0. The van der Waals surface area contributed by atoms with Crippen LogP contribution in [0, 0.1) is 17.3 Å². The standard InChI is InChI=1S/C22H36N2O2/c1-22(2)17(14-21(22)23-18-8-10-25-11-9-18)13-19-15-20(26-24-19)12-16-6-4-3-5-7-16/h15-18,21,23H,3-14H2,1-2H3. The fourth-order valence-corrected chi connectivity index (χ4v) is 5.27. The fourth-order valence-electron chi connectivity index (χ4n) is 5.27. The lowest BCUT2D eigenvalue weighted by Gasteiger charge is -2.54. The van der Waals surface area contributed by atoms with Gasteiger partial charge in [-0.3, -0.25) is 0 Å². The molecule has 4 rings (SSSR count). The van der Waals surface area contributed by atoms with Crippen LogP contribution in [0.5, 0.6) is 0 Å². The highest BCUT2D eigenvalue weighted by Gasteiger charge is 2.48. The Labute approximate surface area is 158 Å². The monoisotopic (exact) mass is 360 g/mol. The van der Waals surface area contributed by atoms with Gasteiger partial charge in [0.2, 0.25) is 0 Å². The van der Waals surface area contributed by atoms with Gasteiger partial charge in [0.15, 0.2) is 0 Å². The molecule has 1 saturated heterocycles. The van der Waals surface area contributed by atoms with E-state index in [1.54, 1.807) is 0 Å². The van der Waals surface area contributed by atoms with Crippen molar-refractivity contribution in [1.29, 1.82) is 0 Å². The van der Waals surface area contributed by atoms with Crippen molar-refractivity contribution >= 4 is 0 Å². The molecule has 0 aromatic carbocycles. The molecule has 1 N–H and O–H groups in total. The highest BCUT2D eigenvalue weighted by molar-refractivity contribution is 5.12. The average Bonchev–Trinajstić information content (AvgIpc) is 3.10. The second-order valence-corrected chi connectivity index (χ2v) is 9.56. The molecule has 0 bridgehead atoms. The van der Waals surface area contributed by atoms with E-state index in [2.05, 4.69) is 30.4 Å². The number of ether oxygens (including phenoxy) is 1. The summed E-state index contributed by atoms with van der Waals surface area (Å²) in [5.41, 5.74) is 1.50. The summed E-state index contributed by atoms with van der Waals surface area (Å²) in [7, 11) is 0. The van der Waals surface area contributed by atoms with Gasteiger partial charge in [0.05, 0.1) is 5.69 Å². The van der Waals surface area contributed by atoms with Gasteiger partial charge in [-0.1, -0.05) is 51.1 Å². The summed E-state index contributed by atoms with van der Waals surface area (Å²) in [6.07, 6.45) is 12.7. The third kappa shape index (κ3) is 4.17. The molecule has 26 heavy (non-hydrogen) atoms. The van der Waals surface area contributed by atoms with Gasteiger partial charge in [-0.25, -0.2) is 0 Å². The number of rotatable bonds is 6. The van der Waals surface area contributed by atoms with Crippen LogP contribution in [0.2, 0.25) is 0 Å². The molecule has 2 atom stereocenters. The molecule has 2 saturated carbocycles. The number of aromatic nitrogens is 1. The predicted molar refractivity (Wildman–Crippen MR) is 103 cm³/mol. The van der Waals surface area contributed by atoms with Crippen LogP contribution in [0.4, 0.5) is 0 Å². The molecule has 1 aromatic heterocycles. The third-order valence-electron chi connectivity index (χ3n) is 7.41. The van der Waals surface area contributed by atoms with Gasteiger partial charge in [0.1, 0.15) is 5.76 Å². The van der Waals surface area contributed by atoms with E-state index >= 15 is 0 Å². The van der Waals surface area contributed by atoms with Crippen LogP contribution in [-0.4, -0.2) is 30.5 Å². The summed E-state index contributed by atoms with van der Waals surface area (Å²) >= 11 is 0. The van der Waals surface area contributed by atoms with Crippen LogP contribution in [0.3, 0.4) is 0 Å². The SMILES string of the molecule is CC1(C)C(Cc2cc(CC3CCCCC3)on2)CC1NC1CCOCC1. The zero-order valence-corrected chi connectivity index (χ0v) is 16.6. The molecule has 1 aromatic rings. The minimum atomic E-state index is 0.334. The third-order valence-corrected chi connectivity index (χ3v) is 7.41. The lowest BCUT2D eigenvalue weighted by atomic mass is 9.57. The van der Waals surface area contributed by atoms with Crippen molar-refractivity contribution in [1.82, 2.24) is 10.5 Å². The zero-order valence-electron chi connectivity index (χ0n) is 16.6. The Bertz CT molecular complexity index is 570. The minimum absolute atomic E-state index is 0.334. The molecular weight excluding hydrogens is 324 g/mol. The van der Waals surface area contributed by atoms with Crippen molar-refractivity contribution < 1.29 is 9.26 Å². The Hall–Kier alpha value is -0.870. The molecule has 0 amide bonds. The van der Waals surface area contributed by atoms with E-state index in [1.807, 2.05) is 0 Å². The maximum atomic E-state index is 5.67. The van der Waals surface area contributed by atoms with Crippen molar-refractivity contribution in [3.05, 3.63) is 17.5 Å². The number of nitrogens with one attached hydrogen (secondary N) is 1. The number of hydrogen-bond donors (Lipinski definition) is 1. The van der Waals surface area contributed by atoms with Gasteiger partial charge < -0.3 is 14.6 Å². The maximum Gasteiger partial charge on any atom is 0.137 e. The summed E-state index contributed by atoms with van der Waals surface area (Å²) in [4.78, 5) is 0. The molecule has 4 heteroatoms. The smallest absolute Gasteiger partial charge is 0.137 e. The summed E-state index contributed by atoms with van der Waals surface area (Å²) in [5, 5.41) is 8.29. The fraction of sp³-hybridized carbons (Fsp3) is 0.864. The predicted octanol–water partition coefficient (Wildman–Crippen LogP) is 4.52. The first-order chi connectivity index (χ1) is 12.6. The van der Waals surface area contributed by atoms with E-state index in [-0.39, 0.29) is 0 Å². The Morgan fingerprint density at radius 3 is 2.58 bits per heavy atom. The molecule has 0 radical (unpaired) electrons. The highest BCUT2D eigenvalue weighted by atomic mass is 16.5. The van der Waals surface area contributed by atoms with Crippen molar-refractivity contribution in [2.75, 3.05) is 13.2 Å². The maximum absolute atomic E-state index is 5.67. The van der Waals surface area contributed by atoms with E-state index in [4.69, 9.17) is 9.26 Å². The van der Waals surface area contributed by atoms with E-state index < -0.39 is 0 Å². The Morgan fingerprint density at radius 2 is 1.85 bits per heavy atom. The van der Waals surface area contributed by atoms with Crippen molar-refractivity contribution in [3.63, 3.8) is 0 Å². The van der Waals surface area contributed by atoms with Crippen LogP contribution in [0.1, 0.15) is 76.7 Å².